The highest BCUT2D eigenvalue weighted by Crippen LogP contribution is 2.31. The van der Waals surface area contributed by atoms with E-state index < -0.39 is 10.1 Å². The van der Waals surface area contributed by atoms with E-state index in [9.17, 15) is 13.0 Å². The number of halogens is 1. The molecule has 0 saturated carbocycles. The fourth-order valence-corrected chi connectivity index (χ4v) is 2.88. The summed E-state index contributed by atoms with van der Waals surface area (Å²) in [6, 6.07) is 4.35. The van der Waals surface area contributed by atoms with Crippen LogP contribution in [0.1, 0.15) is 26.3 Å². The van der Waals surface area contributed by atoms with Crippen LogP contribution in [0.3, 0.4) is 0 Å². The maximum Gasteiger partial charge on any atom is 0.124 e. The number of hydrogen-bond donors (Lipinski definition) is 0. The van der Waals surface area contributed by atoms with Crippen LogP contribution in [0, 0.1) is 0 Å². The summed E-state index contributed by atoms with van der Waals surface area (Å²) in [4.78, 5) is -0.206. The van der Waals surface area contributed by atoms with Crippen LogP contribution >= 0.6 is 15.9 Å². The summed E-state index contributed by atoms with van der Waals surface area (Å²) in [6.45, 7) is 6.04. The number of hydrogen-bond acceptors (Lipinski definition) is 3. The van der Waals surface area contributed by atoms with Crippen molar-refractivity contribution in [3.63, 3.8) is 0 Å². The summed E-state index contributed by atoms with van der Waals surface area (Å²) >= 11 is 3.27. The molecule has 15 heavy (non-hydrogen) atoms. The van der Waals surface area contributed by atoms with Crippen molar-refractivity contribution in [2.45, 2.75) is 31.1 Å². The molecule has 1 aromatic rings. The molecule has 0 aromatic heterocycles. The topological polar surface area (TPSA) is 57.2 Å². The van der Waals surface area contributed by atoms with Gasteiger partial charge in [0.25, 0.3) is 0 Å². The molecule has 0 bridgehead atoms. The van der Waals surface area contributed by atoms with Crippen molar-refractivity contribution in [1.29, 1.82) is 0 Å². The minimum Gasteiger partial charge on any atom is -0.744 e. The summed E-state index contributed by atoms with van der Waals surface area (Å²) in [5.41, 5.74) is 0.874. The molecule has 84 valence electrons. The van der Waals surface area contributed by atoms with E-state index in [-0.39, 0.29) is 10.3 Å². The van der Waals surface area contributed by atoms with Gasteiger partial charge in [0, 0.05) is 4.47 Å². The predicted octanol–water partition coefficient (Wildman–Crippen LogP) is 2.65. The zero-order chi connectivity index (χ0) is 11.9. The Morgan fingerprint density at radius 2 is 1.80 bits per heavy atom. The highest BCUT2D eigenvalue weighted by Gasteiger charge is 2.17. The Morgan fingerprint density at radius 3 is 2.13 bits per heavy atom. The molecule has 0 spiro atoms. The average Bonchev–Trinajstić information content (AvgIpc) is 1.99. The molecule has 0 heterocycles. The summed E-state index contributed by atoms with van der Waals surface area (Å²) in [5.74, 6) is 0. The van der Waals surface area contributed by atoms with Gasteiger partial charge in [0.15, 0.2) is 0 Å². The lowest BCUT2D eigenvalue weighted by molar-refractivity contribution is 0.462. The second-order valence-electron chi connectivity index (χ2n) is 4.35. The summed E-state index contributed by atoms with van der Waals surface area (Å²) in [6.07, 6.45) is 0. The second-order valence-corrected chi connectivity index (χ2v) is 6.58. The average molecular weight is 292 g/mol. The first-order valence-electron chi connectivity index (χ1n) is 4.38. The highest BCUT2D eigenvalue weighted by atomic mass is 79.9. The quantitative estimate of drug-likeness (QED) is 0.748. The molecule has 1 rings (SSSR count). The summed E-state index contributed by atoms with van der Waals surface area (Å²) < 4.78 is 33.0. The molecule has 0 amide bonds. The van der Waals surface area contributed by atoms with Gasteiger partial charge in [-0.2, -0.15) is 0 Å². The highest BCUT2D eigenvalue weighted by molar-refractivity contribution is 9.10. The SMILES string of the molecule is CC(C)(C)c1ccc(S(=O)(=O)[O-])cc1Br. The second kappa shape index (κ2) is 3.88. The van der Waals surface area contributed by atoms with Crippen LogP contribution in [-0.2, 0) is 15.5 Å². The third-order valence-electron chi connectivity index (χ3n) is 2.04. The van der Waals surface area contributed by atoms with Crippen molar-refractivity contribution >= 4 is 26.0 Å². The molecule has 0 aliphatic carbocycles. The molecule has 0 radical (unpaired) electrons. The van der Waals surface area contributed by atoms with Crippen molar-refractivity contribution in [2.24, 2.45) is 0 Å². The lowest BCUT2D eigenvalue weighted by Gasteiger charge is -2.21. The predicted molar refractivity (Wildman–Crippen MR) is 60.8 cm³/mol. The Hall–Kier alpha value is -0.390. The Bertz CT molecular complexity index is 472. The lowest BCUT2D eigenvalue weighted by atomic mass is 9.87. The fourth-order valence-electron chi connectivity index (χ4n) is 1.26. The van der Waals surface area contributed by atoms with Crippen LogP contribution in [0.4, 0.5) is 0 Å². The molecule has 0 N–H and O–H groups in total. The zero-order valence-electron chi connectivity index (χ0n) is 8.74. The fraction of sp³-hybridized carbons (Fsp3) is 0.400. The largest absolute Gasteiger partial charge is 0.744 e. The number of benzene rings is 1. The smallest absolute Gasteiger partial charge is 0.124 e. The van der Waals surface area contributed by atoms with E-state index in [1.165, 1.54) is 12.1 Å². The van der Waals surface area contributed by atoms with Crippen molar-refractivity contribution in [2.75, 3.05) is 0 Å². The van der Waals surface area contributed by atoms with Gasteiger partial charge in [-0.15, -0.1) is 0 Å². The van der Waals surface area contributed by atoms with Gasteiger partial charge >= 0.3 is 0 Å². The van der Waals surface area contributed by atoms with E-state index in [1.807, 2.05) is 20.8 Å². The van der Waals surface area contributed by atoms with E-state index in [1.54, 1.807) is 6.07 Å². The maximum absolute atomic E-state index is 10.8. The van der Waals surface area contributed by atoms with Crippen LogP contribution in [0.25, 0.3) is 0 Å². The van der Waals surface area contributed by atoms with E-state index in [2.05, 4.69) is 15.9 Å². The molecular formula is C10H12BrO3S-. The van der Waals surface area contributed by atoms with Gasteiger partial charge in [-0.25, -0.2) is 8.42 Å². The minimum atomic E-state index is -4.37. The normalized spacial score (nSPS) is 12.9. The van der Waals surface area contributed by atoms with Crippen molar-refractivity contribution in [1.82, 2.24) is 0 Å². The van der Waals surface area contributed by atoms with Crippen molar-refractivity contribution < 1.29 is 13.0 Å². The van der Waals surface area contributed by atoms with Gasteiger partial charge in [-0.1, -0.05) is 42.8 Å². The van der Waals surface area contributed by atoms with E-state index in [0.29, 0.717) is 4.47 Å². The molecule has 0 aliphatic rings. The van der Waals surface area contributed by atoms with Gasteiger partial charge in [-0.3, -0.25) is 0 Å². The molecule has 0 aliphatic heterocycles. The molecule has 1 aromatic carbocycles. The first-order chi connectivity index (χ1) is 6.62. The molecule has 0 fully saturated rings. The van der Waals surface area contributed by atoms with Gasteiger partial charge in [0.1, 0.15) is 10.1 Å². The third kappa shape index (κ3) is 3.03. The Kier molecular flexibility index (Phi) is 3.28. The Morgan fingerprint density at radius 1 is 1.27 bits per heavy atom. The van der Waals surface area contributed by atoms with Crippen LogP contribution in [0.5, 0.6) is 0 Å². The van der Waals surface area contributed by atoms with Crippen molar-refractivity contribution in [3.05, 3.63) is 28.2 Å². The van der Waals surface area contributed by atoms with Crippen LogP contribution < -0.4 is 0 Å². The molecule has 0 unspecified atom stereocenters. The van der Waals surface area contributed by atoms with Crippen LogP contribution in [0.15, 0.2) is 27.6 Å². The van der Waals surface area contributed by atoms with E-state index in [0.717, 1.165) is 5.56 Å². The molecule has 5 heteroatoms. The molecule has 0 saturated heterocycles. The summed E-state index contributed by atoms with van der Waals surface area (Å²) in [7, 11) is -4.37. The van der Waals surface area contributed by atoms with E-state index >= 15 is 0 Å². The van der Waals surface area contributed by atoms with Crippen molar-refractivity contribution in [3.8, 4) is 0 Å². The standard InChI is InChI=1S/C10H13BrO3S/c1-10(2,3)8-5-4-7(6-9(8)11)15(12,13)14/h4-6H,1-3H3,(H,12,13,14)/p-1. The van der Waals surface area contributed by atoms with Crippen LogP contribution in [-0.4, -0.2) is 13.0 Å². The van der Waals surface area contributed by atoms with E-state index in [4.69, 9.17) is 0 Å². The summed E-state index contributed by atoms with van der Waals surface area (Å²) in [5, 5.41) is 0. The first kappa shape index (κ1) is 12.7. The van der Waals surface area contributed by atoms with Gasteiger partial charge < -0.3 is 4.55 Å². The molecular weight excluding hydrogens is 280 g/mol. The van der Waals surface area contributed by atoms with Crippen LogP contribution in [0.2, 0.25) is 0 Å². The maximum atomic E-state index is 10.8. The zero-order valence-corrected chi connectivity index (χ0v) is 11.1. The Balaban J connectivity index is 3.34. The Labute approximate surface area is 98.4 Å². The first-order valence-corrected chi connectivity index (χ1v) is 6.58. The van der Waals surface area contributed by atoms with Gasteiger partial charge in [0.2, 0.25) is 0 Å². The molecule has 3 nitrogen and oxygen atoms in total. The monoisotopic (exact) mass is 291 g/mol. The third-order valence-corrected chi connectivity index (χ3v) is 3.52. The van der Waals surface area contributed by atoms with Gasteiger partial charge in [-0.05, 0) is 23.1 Å². The number of rotatable bonds is 1. The minimum absolute atomic E-state index is 0.0932. The lowest BCUT2D eigenvalue weighted by Crippen LogP contribution is -2.12. The molecule has 0 atom stereocenters. The van der Waals surface area contributed by atoms with Gasteiger partial charge in [0.05, 0.1) is 4.90 Å².